The van der Waals surface area contributed by atoms with Crippen LogP contribution in [0.25, 0.3) is 0 Å². The molecule has 3 unspecified atom stereocenters. The summed E-state index contributed by atoms with van der Waals surface area (Å²) >= 11 is 0. The second-order valence-corrected chi connectivity index (χ2v) is 6.01. The van der Waals surface area contributed by atoms with Gasteiger partial charge in [-0.25, -0.2) is 0 Å². The van der Waals surface area contributed by atoms with Crippen LogP contribution in [-0.4, -0.2) is 18.6 Å². The summed E-state index contributed by atoms with van der Waals surface area (Å²) in [4.78, 5) is 12.2. The maximum Gasteiger partial charge on any atom is 0.313 e. The molecule has 4 saturated carbocycles. The number of rotatable bonds is 2. The van der Waals surface area contributed by atoms with E-state index in [9.17, 15) is 4.79 Å². The lowest BCUT2D eigenvalue weighted by atomic mass is 9.47. The first kappa shape index (κ1) is 10.6. The molecule has 16 heavy (non-hydrogen) atoms. The molecule has 90 valence electrons. The lowest BCUT2D eigenvalue weighted by Gasteiger charge is -2.58. The minimum Gasteiger partial charge on any atom is -0.466 e. The summed E-state index contributed by atoms with van der Waals surface area (Å²) < 4.78 is 5.28. The first-order valence-corrected chi connectivity index (χ1v) is 6.58. The molecule has 0 aromatic heterocycles. The Labute approximate surface area is 96.7 Å². The van der Waals surface area contributed by atoms with Gasteiger partial charge in [0.05, 0.1) is 12.0 Å². The molecule has 0 radical (unpaired) electrons. The van der Waals surface area contributed by atoms with Crippen molar-refractivity contribution in [3.05, 3.63) is 0 Å². The molecule has 4 bridgehead atoms. The van der Waals surface area contributed by atoms with Gasteiger partial charge >= 0.3 is 5.97 Å². The number of hydrogen-bond acceptors (Lipinski definition) is 3. The van der Waals surface area contributed by atoms with Gasteiger partial charge < -0.3 is 10.5 Å². The summed E-state index contributed by atoms with van der Waals surface area (Å²) in [6, 6.07) is 0.0550. The first-order valence-electron chi connectivity index (χ1n) is 6.58. The molecule has 3 nitrogen and oxygen atoms in total. The Hall–Kier alpha value is -0.570. The van der Waals surface area contributed by atoms with Crippen LogP contribution < -0.4 is 5.73 Å². The van der Waals surface area contributed by atoms with Crippen LogP contribution in [0.3, 0.4) is 0 Å². The maximum atomic E-state index is 12.2. The van der Waals surface area contributed by atoms with E-state index >= 15 is 0 Å². The number of carbonyl (C=O) groups excluding carboxylic acids is 1. The van der Waals surface area contributed by atoms with Gasteiger partial charge in [0.15, 0.2) is 0 Å². The molecule has 4 rings (SSSR count). The number of hydrogen-bond donors (Lipinski definition) is 1. The molecule has 0 heterocycles. The average molecular weight is 223 g/mol. The molecule has 0 amide bonds. The Bertz CT molecular complexity index is 301. The van der Waals surface area contributed by atoms with E-state index in [0.29, 0.717) is 12.5 Å². The van der Waals surface area contributed by atoms with E-state index in [4.69, 9.17) is 10.5 Å². The van der Waals surface area contributed by atoms with Crippen LogP contribution in [0, 0.1) is 23.2 Å². The van der Waals surface area contributed by atoms with Crippen molar-refractivity contribution >= 4 is 5.97 Å². The van der Waals surface area contributed by atoms with Gasteiger partial charge in [-0.1, -0.05) is 0 Å². The van der Waals surface area contributed by atoms with E-state index in [-0.39, 0.29) is 17.4 Å². The monoisotopic (exact) mass is 223 g/mol. The molecule has 3 heteroatoms. The second kappa shape index (κ2) is 3.46. The average Bonchev–Trinajstić information content (AvgIpc) is 2.25. The lowest BCUT2D eigenvalue weighted by Crippen LogP contribution is -2.63. The summed E-state index contributed by atoms with van der Waals surface area (Å²) in [6.45, 7) is 2.36. The Balaban J connectivity index is 1.90. The smallest absolute Gasteiger partial charge is 0.313 e. The zero-order valence-corrected chi connectivity index (χ0v) is 9.95. The van der Waals surface area contributed by atoms with E-state index in [2.05, 4.69) is 0 Å². The van der Waals surface area contributed by atoms with Crippen molar-refractivity contribution in [2.75, 3.05) is 6.61 Å². The van der Waals surface area contributed by atoms with Gasteiger partial charge in [0.1, 0.15) is 0 Å². The summed E-state index contributed by atoms with van der Waals surface area (Å²) in [5, 5.41) is 0. The second-order valence-electron chi connectivity index (χ2n) is 6.01. The van der Waals surface area contributed by atoms with Crippen LogP contribution in [0.15, 0.2) is 0 Å². The summed E-state index contributed by atoms with van der Waals surface area (Å²) in [5.41, 5.74) is 6.02. The van der Waals surface area contributed by atoms with Crippen LogP contribution >= 0.6 is 0 Å². The van der Waals surface area contributed by atoms with E-state index in [1.807, 2.05) is 6.92 Å². The van der Waals surface area contributed by atoms with E-state index < -0.39 is 0 Å². The van der Waals surface area contributed by atoms with Crippen LogP contribution in [0.2, 0.25) is 0 Å². The zero-order chi connectivity index (χ0) is 11.3. The van der Waals surface area contributed by atoms with Crippen LogP contribution in [0.5, 0.6) is 0 Å². The molecule has 4 aliphatic rings. The summed E-state index contributed by atoms with van der Waals surface area (Å²) in [7, 11) is 0. The molecule has 0 aromatic rings. The van der Waals surface area contributed by atoms with Crippen molar-refractivity contribution in [1.82, 2.24) is 0 Å². The predicted octanol–water partition coefficient (Wildman–Crippen LogP) is 1.70. The molecule has 3 atom stereocenters. The quantitative estimate of drug-likeness (QED) is 0.725. The fourth-order valence-electron chi connectivity index (χ4n) is 4.66. The third-order valence-corrected chi connectivity index (χ3v) is 5.07. The number of carbonyl (C=O) groups is 1. The highest BCUT2D eigenvalue weighted by Crippen LogP contribution is 2.59. The maximum absolute atomic E-state index is 12.2. The Morgan fingerprint density at radius 2 is 1.94 bits per heavy atom. The summed E-state index contributed by atoms with van der Waals surface area (Å²) in [5.74, 6) is 2.04. The van der Waals surface area contributed by atoms with E-state index in [1.54, 1.807) is 0 Å². The van der Waals surface area contributed by atoms with Crippen molar-refractivity contribution in [2.45, 2.75) is 45.1 Å². The fraction of sp³-hybridized carbons (Fsp3) is 0.923. The highest BCUT2D eigenvalue weighted by Gasteiger charge is 2.60. The topological polar surface area (TPSA) is 52.3 Å². The Morgan fingerprint density at radius 3 is 2.50 bits per heavy atom. The molecule has 4 fully saturated rings. The summed E-state index contributed by atoms with van der Waals surface area (Å²) in [6.07, 6.45) is 5.79. The molecule has 0 aromatic carbocycles. The normalized spacial score (nSPS) is 49.4. The fourth-order valence-corrected chi connectivity index (χ4v) is 4.66. The first-order chi connectivity index (χ1) is 7.65. The highest BCUT2D eigenvalue weighted by molar-refractivity contribution is 5.78. The van der Waals surface area contributed by atoms with Crippen molar-refractivity contribution in [2.24, 2.45) is 28.9 Å². The highest BCUT2D eigenvalue weighted by atomic mass is 16.5. The van der Waals surface area contributed by atoms with Gasteiger partial charge in [-0.05, 0) is 56.8 Å². The van der Waals surface area contributed by atoms with Gasteiger partial charge in [0, 0.05) is 6.04 Å². The standard InChI is InChI=1S/C13H21NO2/c1-2-16-12(15)13-6-8-3-9(7-13)5-10(4-8)11(13)14/h8-11H,2-7,14H2,1H3. The number of nitrogens with two attached hydrogens (primary N) is 1. The zero-order valence-electron chi connectivity index (χ0n) is 9.95. The van der Waals surface area contributed by atoms with Crippen molar-refractivity contribution < 1.29 is 9.53 Å². The number of esters is 1. The van der Waals surface area contributed by atoms with Gasteiger partial charge in [0.2, 0.25) is 0 Å². The van der Waals surface area contributed by atoms with Crippen LogP contribution in [-0.2, 0) is 9.53 Å². The molecule has 0 aliphatic heterocycles. The lowest BCUT2D eigenvalue weighted by molar-refractivity contribution is -0.174. The van der Waals surface area contributed by atoms with Crippen molar-refractivity contribution in [3.8, 4) is 0 Å². The van der Waals surface area contributed by atoms with Gasteiger partial charge in [-0.3, -0.25) is 4.79 Å². The van der Waals surface area contributed by atoms with Gasteiger partial charge in [-0.2, -0.15) is 0 Å². The van der Waals surface area contributed by atoms with Gasteiger partial charge in [0.25, 0.3) is 0 Å². The van der Waals surface area contributed by atoms with Crippen LogP contribution in [0.4, 0.5) is 0 Å². The molecule has 2 N–H and O–H groups in total. The number of ether oxygens (including phenoxy) is 1. The molecular weight excluding hydrogens is 202 g/mol. The third-order valence-electron chi connectivity index (χ3n) is 5.07. The van der Waals surface area contributed by atoms with Gasteiger partial charge in [-0.15, -0.1) is 0 Å². The van der Waals surface area contributed by atoms with E-state index in [0.717, 1.165) is 24.7 Å². The molecule has 0 saturated heterocycles. The SMILES string of the molecule is CCOC(=O)C12CC3CC(CC(C3)C1N)C2. The molecule has 4 aliphatic carbocycles. The van der Waals surface area contributed by atoms with E-state index in [1.165, 1.54) is 19.3 Å². The van der Waals surface area contributed by atoms with Crippen molar-refractivity contribution in [1.29, 1.82) is 0 Å². The largest absolute Gasteiger partial charge is 0.466 e. The van der Waals surface area contributed by atoms with Crippen molar-refractivity contribution in [3.63, 3.8) is 0 Å². The Kier molecular flexibility index (Phi) is 2.29. The molecule has 0 spiro atoms. The molecular formula is C13H21NO2. The minimum absolute atomic E-state index is 0.0124. The van der Waals surface area contributed by atoms with Crippen LogP contribution in [0.1, 0.15) is 39.0 Å². The third kappa shape index (κ3) is 1.27. The minimum atomic E-state index is -0.315. The predicted molar refractivity (Wildman–Crippen MR) is 60.6 cm³/mol. The Morgan fingerprint density at radius 1 is 1.31 bits per heavy atom.